The lowest BCUT2D eigenvalue weighted by molar-refractivity contribution is -0.187. The molecule has 1 saturated heterocycles. The summed E-state index contributed by atoms with van der Waals surface area (Å²) in [6.07, 6.45) is 6.34. The zero-order valence-electron chi connectivity index (χ0n) is 15.3. The standard InChI is InChI=1S/C21H20Cl2N2O3/c1-2-17-12-26-21(28-17,13-25-10-9-24-14-25)15-3-6-18(7-4-15)27-20-11-16(22)5-8-19(20)23/h3-11,14,17H,2,12-13H2,1H3. The molecule has 1 fully saturated rings. The van der Waals surface area contributed by atoms with Crippen molar-refractivity contribution in [3.63, 3.8) is 0 Å². The van der Waals surface area contributed by atoms with Crippen LogP contribution in [-0.4, -0.2) is 22.3 Å². The number of nitrogens with zero attached hydrogens (tertiary/aromatic N) is 2. The fourth-order valence-electron chi connectivity index (χ4n) is 3.17. The zero-order valence-corrected chi connectivity index (χ0v) is 16.9. The highest BCUT2D eigenvalue weighted by Gasteiger charge is 2.43. The highest BCUT2D eigenvalue weighted by Crippen LogP contribution is 2.38. The van der Waals surface area contributed by atoms with Gasteiger partial charge in [0.15, 0.2) is 0 Å². The van der Waals surface area contributed by atoms with Crippen LogP contribution in [0.5, 0.6) is 11.5 Å². The Bertz CT molecular complexity index is 931. The minimum Gasteiger partial charge on any atom is -0.456 e. The van der Waals surface area contributed by atoms with E-state index in [-0.39, 0.29) is 6.10 Å². The van der Waals surface area contributed by atoms with Crippen molar-refractivity contribution in [1.29, 1.82) is 0 Å². The molecule has 1 aromatic heterocycles. The fraction of sp³-hybridized carbons (Fsp3) is 0.286. The summed E-state index contributed by atoms with van der Waals surface area (Å²) in [5.74, 6) is 0.304. The predicted molar refractivity (Wildman–Crippen MR) is 108 cm³/mol. The number of ether oxygens (including phenoxy) is 3. The normalized spacial score (nSPS) is 21.8. The Hall–Kier alpha value is -2.05. The second-order valence-electron chi connectivity index (χ2n) is 6.65. The number of rotatable bonds is 6. The minimum absolute atomic E-state index is 0.0599. The van der Waals surface area contributed by atoms with E-state index in [9.17, 15) is 0 Å². The fourth-order valence-corrected chi connectivity index (χ4v) is 3.49. The molecule has 0 amide bonds. The zero-order chi connectivity index (χ0) is 19.6. The van der Waals surface area contributed by atoms with Crippen molar-refractivity contribution in [1.82, 2.24) is 9.55 Å². The first-order chi connectivity index (χ1) is 13.6. The molecule has 146 valence electrons. The third kappa shape index (κ3) is 4.03. The Labute approximate surface area is 173 Å². The van der Waals surface area contributed by atoms with Crippen LogP contribution in [-0.2, 0) is 21.8 Å². The van der Waals surface area contributed by atoms with Crippen molar-refractivity contribution >= 4 is 23.2 Å². The van der Waals surface area contributed by atoms with Crippen LogP contribution in [0.15, 0.2) is 61.2 Å². The average molecular weight is 419 g/mol. The summed E-state index contributed by atoms with van der Waals surface area (Å²) in [4.78, 5) is 4.11. The van der Waals surface area contributed by atoms with E-state index in [1.54, 1.807) is 30.7 Å². The van der Waals surface area contributed by atoms with Gasteiger partial charge >= 0.3 is 0 Å². The molecule has 3 aromatic rings. The molecular formula is C21H20Cl2N2O3. The summed E-state index contributed by atoms with van der Waals surface area (Å²) in [5.41, 5.74) is 0.918. The molecule has 0 radical (unpaired) electrons. The van der Waals surface area contributed by atoms with E-state index in [1.807, 2.05) is 35.0 Å². The predicted octanol–water partition coefficient (Wildman–Crippen LogP) is 5.66. The lowest BCUT2D eigenvalue weighted by Crippen LogP contribution is -2.33. The maximum Gasteiger partial charge on any atom is 0.213 e. The van der Waals surface area contributed by atoms with Gasteiger partial charge in [0.05, 0.1) is 30.6 Å². The molecule has 4 rings (SSSR count). The minimum atomic E-state index is -0.854. The van der Waals surface area contributed by atoms with E-state index in [1.165, 1.54) is 0 Å². The lowest BCUT2D eigenvalue weighted by atomic mass is 10.1. The highest BCUT2D eigenvalue weighted by atomic mass is 35.5. The van der Waals surface area contributed by atoms with E-state index >= 15 is 0 Å². The van der Waals surface area contributed by atoms with Crippen LogP contribution in [0.4, 0.5) is 0 Å². The van der Waals surface area contributed by atoms with Gasteiger partial charge in [-0.25, -0.2) is 4.98 Å². The Morgan fingerprint density at radius 3 is 2.71 bits per heavy atom. The third-order valence-electron chi connectivity index (χ3n) is 4.68. The van der Waals surface area contributed by atoms with Crippen LogP contribution in [0.1, 0.15) is 18.9 Å². The summed E-state index contributed by atoms with van der Waals surface area (Å²) < 4.78 is 20.3. The monoisotopic (exact) mass is 418 g/mol. The van der Waals surface area contributed by atoms with Crippen molar-refractivity contribution in [2.45, 2.75) is 31.8 Å². The van der Waals surface area contributed by atoms with Crippen molar-refractivity contribution in [2.24, 2.45) is 0 Å². The maximum atomic E-state index is 6.30. The molecule has 2 unspecified atom stereocenters. The summed E-state index contributed by atoms with van der Waals surface area (Å²) in [6.45, 7) is 3.17. The van der Waals surface area contributed by atoms with E-state index in [0.29, 0.717) is 34.7 Å². The topological polar surface area (TPSA) is 45.5 Å². The van der Waals surface area contributed by atoms with E-state index in [0.717, 1.165) is 12.0 Å². The molecule has 0 N–H and O–H groups in total. The Balaban J connectivity index is 1.58. The van der Waals surface area contributed by atoms with Crippen molar-refractivity contribution < 1.29 is 14.2 Å². The number of aromatic nitrogens is 2. The summed E-state index contributed by atoms with van der Waals surface area (Å²) >= 11 is 12.2. The van der Waals surface area contributed by atoms with Gasteiger partial charge in [-0.15, -0.1) is 0 Å². The molecule has 5 nitrogen and oxygen atoms in total. The van der Waals surface area contributed by atoms with Gasteiger partial charge in [0.2, 0.25) is 5.79 Å². The molecule has 7 heteroatoms. The summed E-state index contributed by atoms with van der Waals surface area (Å²) in [5, 5.41) is 1.06. The Morgan fingerprint density at radius 2 is 2.04 bits per heavy atom. The van der Waals surface area contributed by atoms with Crippen LogP contribution in [0.3, 0.4) is 0 Å². The van der Waals surface area contributed by atoms with E-state index in [2.05, 4.69) is 11.9 Å². The molecule has 0 saturated carbocycles. The van der Waals surface area contributed by atoms with E-state index < -0.39 is 5.79 Å². The molecule has 1 aliphatic heterocycles. The van der Waals surface area contributed by atoms with E-state index in [4.69, 9.17) is 37.4 Å². The number of hydrogen-bond acceptors (Lipinski definition) is 4. The summed E-state index contributed by atoms with van der Waals surface area (Å²) in [7, 11) is 0. The van der Waals surface area contributed by atoms with Crippen LogP contribution in [0, 0.1) is 0 Å². The number of hydrogen-bond donors (Lipinski definition) is 0. The number of imidazole rings is 1. The maximum absolute atomic E-state index is 6.30. The van der Waals surface area contributed by atoms with Crippen LogP contribution in [0.2, 0.25) is 10.0 Å². The average Bonchev–Trinajstić information content (AvgIpc) is 3.36. The number of halogens is 2. The third-order valence-corrected chi connectivity index (χ3v) is 5.23. The van der Waals surface area contributed by atoms with Crippen LogP contribution < -0.4 is 4.74 Å². The molecule has 2 aromatic carbocycles. The lowest BCUT2D eigenvalue weighted by Gasteiger charge is -2.29. The first kappa shape index (κ1) is 19.3. The Kier molecular flexibility index (Phi) is 5.60. The molecular weight excluding hydrogens is 399 g/mol. The second-order valence-corrected chi connectivity index (χ2v) is 7.49. The summed E-state index contributed by atoms with van der Waals surface area (Å²) in [6, 6.07) is 12.7. The SMILES string of the molecule is CCC1COC(Cn2ccnc2)(c2ccc(Oc3cc(Cl)ccc3Cl)cc2)O1. The first-order valence-corrected chi connectivity index (χ1v) is 9.84. The molecule has 0 spiro atoms. The molecule has 2 heterocycles. The van der Waals surface area contributed by atoms with Gasteiger partial charge in [0.1, 0.15) is 11.5 Å². The van der Waals surface area contributed by atoms with Gasteiger partial charge < -0.3 is 18.8 Å². The van der Waals surface area contributed by atoms with Gasteiger partial charge in [0, 0.05) is 29.0 Å². The van der Waals surface area contributed by atoms with Gasteiger partial charge in [-0.3, -0.25) is 0 Å². The largest absolute Gasteiger partial charge is 0.456 e. The van der Waals surface area contributed by atoms with Crippen molar-refractivity contribution in [3.05, 3.63) is 76.8 Å². The molecule has 28 heavy (non-hydrogen) atoms. The van der Waals surface area contributed by atoms with Crippen molar-refractivity contribution in [3.8, 4) is 11.5 Å². The van der Waals surface area contributed by atoms with Gasteiger partial charge in [-0.05, 0) is 42.8 Å². The molecule has 0 aliphatic carbocycles. The van der Waals surface area contributed by atoms with Crippen LogP contribution in [0.25, 0.3) is 0 Å². The first-order valence-electron chi connectivity index (χ1n) is 9.09. The quantitative estimate of drug-likeness (QED) is 0.517. The molecule has 2 atom stereocenters. The number of benzene rings is 2. The van der Waals surface area contributed by atoms with Gasteiger partial charge in [-0.2, -0.15) is 0 Å². The Morgan fingerprint density at radius 1 is 1.21 bits per heavy atom. The molecule has 0 bridgehead atoms. The van der Waals surface area contributed by atoms with Gasteiger partial charge in [0.25, 0.3) is 0 Å². The van der Waals surface area contributed by atoms with Crippen molar-refractivity contribution in [2.75, 3.05) is 6.61 Å². The van der Waals surface area contributed by atoms with Crippen LogP contribution >= 0.6 is 23.2 Å². The highest BCUT2D eigenvalue weighted by molar-refractivity contribution is 6.34. The smallest absolute Gasteiger partial charge is 0.213 e. The second kappa shape index (κ2) is 8.13. The van der Waals surface area contributed by atoms with Gasteiger partial charge in [-0.1, -0.05) is 30.1 Å². The molecule has 1 aliphatic rings.